The van der Waals surface area contributed by atoms with Crippen LogP contribution in [0.15, 0.2) is 59.1 Å². The van der Waals surface area contributed by atoms with Crippen molar-refractivity contribution in [3.63, 3.8) is 0 Å². The van der Waals surface area contributed by atoms with E-state index in [4.69, 9.17) is 0 Å². The van der Waals surface area contributed by atoms with Crippen LogP contribution in [0.2, 0.25) is 0 Å². The lowest BCUT2D eigenvalue weighted by molar-refractivity contribution is 0.0957. The number of carbonyl (C=O) groups is 1. The second kappa shape index (κ2) is 8.60. The molecule has 0 unspecified atom stereocenters. The van der Waals surface area contributed by atoms with E-state index in [1.807, 2.05) is 75.4 Å². The monoisotopic (exact) mass is 384 g/mol. The Balaban J connectivity index is 0.00000100. The Morgan fingerprint density at radius 3 is 2.42 bits per heavy atom. The lowest BCUT2D eigenvalue weighted by atomic mass is 10.0. The molecular weight excluding hydrogens is 364 g/mol. The first-order valence-electron chi connectivity index (χ1n) is 8.13. The standard InChI is InChI=1S/C18H15BrN2O.C2H6/c1-2-20-18(22)15-11-17(12-7-9-13(19)10-8-12)21-16-6-4-3-5-14(15)16;1-2/h3-11H,2H2,1H3,(H,20,22);1-2H3. The summed E-state index contributed by atoms with van der Waals surface area (Å²) < 4.78 is 1.01. The van der Waals surface area contributed by atoms with Crippen molar-refractivity contribution < 1.29 is 4.79 Å². The van der Waals surface area contributed by atoms with E-state index in [0.29, 0.717) is 12.1 Å². The van der Waals surface area contributed by atoms with Crippen LogP contribution in [-0.2, 0) is 0 Å². The lowest BCUT2D eigenvalue weighted by Crippen LogP contribution is -2.23. The van der Waals surface area contributed by atoms with Crippen molar-refractivity contribution >= 4 is 32.7 Å². The molecule has 0 radical (unpaired) electrons. The Labute approximate surface area is 151 Å². The molecule has 2 aromatic carbocycles. The SMILES string of the molecule is CC.CCNC(=O)c1cc(-c2ccc(Br)cc2)nc2ccccc12. The largest absolute Gasteiger partial charge is 0.352 e. The first kappa shape index (κ1) is 18.1. The summed E-state index contributed by atoms with van der Waals surface area (Å²) >= 11 is 3.43. The van der Waals surface area contributed by atoms with Gasteiger partial charge in [-0.05, 0) is 31.2 Å². The van der Waals surface area contributed by atoms with Gasteiger partial charge in [0.25, 0.3) is 5.91 Å². The predicted octanol–water partition coefficient (Wildman–Crippen LogP) is 5.44. The van der Waals surface area contributed by atoms with E-state index in [2.05, 4.69) is 26.2 Å². The van der Waals surface area contributed by atoms with Gasteiger partial charge in [0.2, 0.25) is 0 Å². The van der Waals surface area contributed by atoms with Crippen LogP contribution in [0, 0.1) is 0 Å². The molecule has 1 heterocycles. The Morgan fingerprint density at radius 2 is 1.75 bits per heavy atom. The fourth-order valence-electron chi connectivity index (χ4n) is 2.39. The zero-order valence-corrected chi connectivity index (χ0v) is 15.7. The number of halogens is 1. The maximum Gasteiger partial charge on any atom is 0.252 e. The van der Waals surface area contributed by atoms with Crippen molar-refractivity contribution in [3.8, 4) is 11.3 Å². The molecule has 124 valence electrons. The van der Waals surface area contributed by atoms with E-state index >= 15 is 0 Å². The Hall–Kier alpha value is -2.20. The summed E-state index contributed by atoms with van der Waals surface area (Å²) in [6.45, 7) is 6.51. The van der Waals surface area contributed by atoms with E-state index in [1.165, 1.54) is 0 Å². The minimum absolute atomic E-state index is 0.0699. The number of benzene rings is 2. The van der Waals surface area contributed by atoms with Crippen molar-refractivity contribution in [3.05, 3.63) is 64.6 Å². The Morgan fingerprint density at radius 1 is 1.08 bits per heavy atom. The number of nitrogens with zero attached hydrogens (tertiary/aromatic N) is 1. The first-order chi connectivity index (χ1) is 11.7. The molecule has 1 aromatic heterocycles. The second-order valence-corrected chi connectivity index (χ2v) is 5.85. The molecular formula is C20H21BrN2O. The van der Waals surface area contributed by atoms with Crippen LogP contribution in [0.4, 0.5) is 0 Å². The third kappa shape index (κ3) is 4.01. The van der Waals surface area contributed by atoms with Crippen LogP contribution < -0.4 is 5.32 Å². The third-order valence-corrected chi connectivity index (χ3v) is 3.97. The highest BCUT2D eigenvalue weighted by atomic mass is 79.9. The number of carbonyl (C=O) groups excluding carboxylic acids is 1. The number of amides is 1. The number of rotatable bonds is 3. The molecule has 0 saturated carbocycles. The number of para-hydroxylation sites is 1. The molecule has 0 fully saturated rings. The molecule has 3 aromatic rings. The normalized spacial score (nSPS) is 10.0. The smallest absolute Gasteiger partial charge is 0.252 e. The van der Waals surface area contributed by atoms with Crippen molar-refractivity contribution in [1.82, 2.24) is 10.3 Å². The molecule has 0 atom stereocenters. The molecule has 0 aliphatic carbocycles. The minimum Gasteiger partial charge on any atom is -0.352 e. The zero-order valence-electron chi connectivity index (χ0n) is 14.1. The van der Waals surface area contributed by atoms with E-state index in [1.54, 1.807) is 0 Å². The number of nitrogens with one attached hydrogen (secondary N) is 1. The molecule has 0 spiro atoms. The second-order valence-electron chi connectivity index (χ2n) is 4.94. The van der Waals surface area contributed by atoms with Gasteiger partial charge in [0, 0.05) is 22.0 Å². The Bertz CT molecular complexity index is 829. The number of pyridine rings is 1. The summed E-state index contributed by atoms with van der Waals surface area (Å²) in [5.41, 5.74) is 3.27. The minimum atomic E-state index is -0.0699. The maximum atomic E-state index is 12.3. The zero-order chi connectivity index (χ0) is 17.5. The fourth-order valence-corrected chi connectivity index (χ4v) is 2.65. The van der Waals surface area contributed by atoms with Gasteiger partial charge in [-0.1, -0.05) is 60.1 Å². The maximum absolute atomic E-state index is 12.3. The van der Waals surface area contributed by atoms with Crippen LogP contribution in [-0.4, -0.2) is 17.4 Å². The van der Waals surface area contributed by atoms with Gasteiger partial charge >= 0.3 is 0 Å². The molecule has 1 amide bonds. The van der Waals surface area contributed by atoms with Crippen molar-refractivity contribution in [1.29, 1.82) is 0 Å². The summed E-state index contributed by atoms with van der Waals surface area (Å²) in [7, 11) is 0. The third-order valence-electron chi connectivity index (χ3n) is 3.44. The lowest BCUT2D eigenvalue weighted by Gasteiger charge is -2.10. The van der Waals surface area contributed by atoms with Crippen LogP contribution >= 0.6 is 15.9 Å². The van der Waals surface area contributed by atoms with Gasteiger partial charge in [0.05, 0.1) is 16.8 Å². The summed E-state index contributed by atoms with van der Waals surface area (Å²) in [6, 6.07) is 17.5. The topological polar surface area (TPSA) is 42.0 Å². The molecule has 3 rings (SSSR count). The van der Waals surface area contributed by atoms with Gasteiger partial charge in [0.1, 0.15) is 0 Å². The summed E-state index contributed by atoms with van der Waals surface area (Å²) in [5, 5.41) is 3.74. The molecule has 0 saturated heterocycles. The molecule has 0 aliphatic heterocycles. The van der Waals surface area contributed by atoms with Gasteiger partial charge in [0.15, 0.2) is 0 Å². The van der Waals surface area contributed by atoms with Crippen LogP contribution in [0.25, 0.3) is 22.2 Å². The molecule has 1 N–H and O–H groups in total. The highest BCUT2D eigenvalue weighted by Gasteiger charge is 2.13. The highest BCUT2D eigenvalue weighted by Crippen LogP contribution is 2.26. The highest BCUT2D eigenvalue weighted by molar-refractivity contribution is 9.10. The Kier molecular flexibility index (Phi) is 6.50. The fraction of sp³-hybridized carbons (Fsp3) is 0.200. The van der Waals surface area contributed by atoms with E-state index < -0.39 is 0 Å². The van der Waals surface area contributed by atoms with Crippen molar-refractivity contribution in [2.75, 3.05) is 6.54 Å². The van der Waals surface area contributed by atoms with Gasteiger partial charge < -0.3 is 5.32 Å². The molecule has 0 bridgehead atoms. The van der Waals surface area contributed by atoms with E-state index in [0.717, 1.165) is 26.6 Å². The summed E-state index contributed by atoms with van der Waals surface area (Å²) in [6.07, 6.45) is 0. The average Bonchev–Trinajstić information content (AvgIpc) is 2.63. The van der Waals surface area contributed by atoms with Gasteiger partial charge in [-0.3, -0.25) is 4.79 Å². The number of hydrogen-bond donors (Lipinski definition) is 1. The number of hydrogen-bond acceptors (Lipinski definition) is 2. The van der Waals surface area contributed by atoms with Gasteiger partial charge in [-0.2, -0.15) is 0 Å². The van der Waals surface area contributed by atoms with Gasteiger partial charge in [-0.15, -0.1) is 0 Å². The quantitative estimate of drug-likeness (QED) is 0.652. The molecule has 0 aliphatic rings. The van der Waals surface area contributed by atoms with E-state index in [9.17, 15) is 4.79 Å². The molecule has 4 heteroatoms. The van der Waals surface area contributed by atoms with Crippen LogP contribution in [0.5, 0.6) is 0 Å². The average molecular weight is 385 g/mol. The molecule has 24 heavy (non-hydrogen) atoms. The van der Waals surface area contributed by atoms with Crippen molar-refractivity contribution in [2.45, 2.75) is 20.8 Å². The van der Waals surface area contributed by atoms with Gasteiger partial charge in [-0.25, -0.2) is 4.98 Å². The van der Waals surface area contributed by atoms with Crippen LogP contribution in [0.1, 0.15) is 31.1 Å². The summed E-state index contributed by atoms with van der Waals surface area (Å²) in [4.78, 5) is 17.0. The van der Waals surface area contributed by atoms with Crippen molar-refractivity contribution in [2.24, 2.45) is 0 Å². The van der Waals surface area contributed by atoms with Crippen LogP contribution in [0.3, 0.4) is 0 Å². The number of aromatic nitrogens is 1. The first-order valence-corrected chi connectivity index (χ1v) is 8.92. The van der Waals surface area contributed by atoms with E-state index in [-0.39, 0.29) is 5.91 Å². The predicted molar refractivity (Wildman–Crippen MR) is 104 cm³/mol. The molecule has 3 nitrogen and oxygen atoms in total. The summed E-state index contributed by atoms with van der Waals surface area (Å²) in [5.74, 6) is -0.0699. The number of fused-ring (bicyclic) bond motifs is 1.